The third kappa shape index (κ3) is 3.14. The highest BCUT2D eigenvalue weighted by atomic mass is 16.5. The third-order valence-corrected chi connectivity index (χ3v) is 4.32. The Morgan fingerprint density at radius 3 is 2.73 bits per heavy atom. The molecule has 0 amide bonds. The van der Waals surface area contributed by atoms with E-state index in [9.17, 15) is 4.79 Å². The second kappa shape index (κ2) is 7.56. The summed E-state index contributed by atoms with van der Waals surface area (Å²) < 4.78 is 12.7. The molecule has 4 rings (SSSR count). The van der Waals surface area contributed by atoms with Gasteiger partial charge in [-0.1, -0.05) is 25.1 Å². The lowest BCUT2D eigenvalue weighted by Crippen LogP contribution is -2.08. The first kappa shape index (κ1) is 17.9. The fraction of sp³-hybridized carbons (Fsp3) is 0.350. The first-order valence-electron chi connectivity index (χ1n) is 8.88. The number of carbonyl (C=O) groups is 1. The van der Waals surface area contributed by atoms with E-state index in [-0.39, 0.29) is 5.78 Å². The summed E-state index contributed by atoms with van der Waals surface area (Å²) in [5.41, 5.74) is 4.34. The van der Waals surface area contributed by atoms with Crippen LogP contribution in [-0.4, -0.2) is 27.6 Å². The van der Waals surface area contributed by atoms with E-state index < -0.39 is 0 Å². The van der Waals surface area contributed by atoms with Crippen LogP contribution in [0, 0.1) is 6.92 Å². The number of rotatable bonds is 3. The van der Waals surface area contributed by atoms with E-state index in [1.165, 1.54) is 0 Å². The topological polar surface area (TPSA) is 70.2 Å². The van der Waals surface area contributed by atoms with Gasteiger partial charge < -0.3 is 13.8 Å². The molecule has 0 aliphatic heterocycles. The van der Waals surface area contributed by atoms with Gasteiger partial charge in [0.2, 0.25) is 11.5 Å². The molecule has 0 unspecified atom stereocenters. The van der Waals surface area contributed by atoms with E-state index in [0.717, 1.165) is 41.0 Å². The molecule has 1 aromatic carbocycles. The summed E-state index contributed by atoms with van der Waals surface area (Å²) in [4.78, 5) is 16.2. The Labute approximate surface area is 152 Å². The molecule has 0 bridgehead atoms. The average Bonchev–Trinajstić information content (AvgIpc) is 3.30. The SMILES string of the molecule is CC.COc1cc(-c2noc3c2CCCC3=O)ccc1-n1cnc(C)c1. The Bertz CT molecular complexity index is 924. The predicted molar refractivity (Wildman–Crippen MR) is 99.0 cm³/mol. The van der Waals surface area contributed by atoms with Crippen molar-refractivity contribution < 1.29 is 14.1 Å². The summed E-state index contributed by atoms with van der Waals surface area (Å²) in [6.07, 6.45) is 5.87. The van der Waals surface area contributed by atoms with E-state index >= 15 is 0 Å². The Morgan fingerprint density at radius 1 is 1.23 bits per heavy atom. The van der Waals surface area contributed by atoms with Crippen LogP contribution in [0.1, 0.15) is 48.5 Å². The van der Waals surface area contributed by atoms with Gasteiger partial charge in [-0.15, -0.1) is 0 Å². The molecular weight excluding hydrogens is 330 g/mol. The fourth-order valence-electron chi connectivity index (χ4n) is 3.12. The molecule has 2 heterocycles. The van der Waals surface area contributed by atoms with Crippen LogP contribution in [0.3, 0.4) is 0 Å². The Hall–Kier alpha value is -2.89. The van der Waals surface area contributed by atoms with Crippen LogP contribution >= 0.6 is 0 Å². The van der Waals surface area contributed by atoms with Crippen molar-refractivity contribution in [1.29, 1.82) is 0 Å². The largest absolute Gasteiger partial charge is 0.495 e. The van der Waals surface area contributed by atoms with Gasteiger partial charge in [0.15, 0.2) is 0 Å². The van der Waals surface area contributed by atoms with Crippen LogP contribution in [0.25, 0.3) is 16.9 Å². The minimum absolute atomic E-state index is 0.0347. The predicted octanol–water partition coefficient (Wildman–Crippen LogP) is 4.39. The molecule has 0 fully saturated rings. The van der Waals surface area contributed by atoms with Crippen molar-refractivity contribution in [2.45, 2.75) is 40.0 Å². The van der Waals surface area contributed by atoms with Crippen LogP contribution in [0.5, 0.6) is 5.75 Å². The van der Waals surface area contributed by atoms with Gasteiger partial charge in [-0.2, -0.15) is 0 Å². The van der Waals surface area contributed by atoms with Crippen LogP contribution in [0.15, 0.2) is 35.2 Å². The van der Waals surface area contributed by atoms with E-state index in [1.54, 1.807) is 13.4 Å². The third-order valence-electron chi connectivity index (χ3n) is 4.32. The number of hydrogen-bond acceptors (Lipinski definition) is 5. The maximum atomic E-state index is 11.9. The average molecular weight is 353 g/mol. The molecule has 3 aromatic rings. The van der Waals surface area contributed by atoms with Gasteiger partial charge in [0.1, 0.15) is 11.4 Å². The molecule has 0 spiro atoms. The van der Waals surface area contributed by atoms with E-state index in [0.29, 0.717) is 17.9 Å². The van der Waals surface area contributed by atoms with Crippen molar-refractivity contribution in [3.63, 3.8) is 0 Å². The lowest BCUT2D eigenvalue weighted by Gasteiger charge is -2.12. The molecule has 6 heteroatoms. The van der Waals surface area contributed by atoms with Crippen molar-refractivity contribution in [3.05, 3.63) is 47.7 Å². The molecule has 0 radical (unpaired) electrons. The summed E-state index contributed by atoms with van der Waals surface area (Å²) in [5.74, 6) is 1.15. The maximum absolute atomic E-state index is 11.9. The number of ketones is 1. The Balaban J connectivity index is 0.000000948. The molecule has 0 saturated heterocycles. The van der Waals surface area contributed by atoms with Gasteiger partial charge in [0.25, 0.3) is 0 Å². The summed E-state index contributed by atoms with van der Waals surface area (Å²) >= 11 is 0. The van der Waals surface area contributed by atoms with Gasteiger partial charge in [0, 0.05) is 23.7 Å². The van der Waals surface area contributed by atoms with Gasteiger partial charge in [0.05, 0.1) is 24.8 Å². The van der Waals surface area contributed by atoms with Gasteiger partial charge in [-0.05, 0) is 31.9 Å². The number of aryl methyl sites for hydroxylation is 1. The number of imidazole rings is 1. The number of ether oxygens (including phenoxy) is 1. The number of hydrogen-bond donors (Lipinski definition) is 0. The zero-order valence-corrected chi connectivity index (χ0v) is 15.6. The van der Waals surface area contributed by atoms with Crippen molar-refractivity contribution in [1.82, 2.24) is 14.7 Å². The van der Waals surface area contributed by atoms with Gasteiger partial charge in [-0.25, -0.2) is 4.98 Å². The van der Waals surface area contributed by atoms with Gasteiger partial charge in [-0.3, -0.25) is 4.79 Å². The minimum atomic E-state index is 0.0347. The second-order valence-electron chi connectivity index (χ2n) is 5.92. The van der Waals surface area contributed by atoms with Crippen LogP contribution < -0.4 is 4.74 Å². The standard InChI is InChI=1S/C18H17N3O3.C2H6/c1-11-9-21(10-19-11)14-7-6-12(8-16(14)23-2)17-13-4-3-5-15(22)18(13)24-20-17;1-2/h6-10H,3-5H2,1-2H3;1-2H3. The normalized spacial score (nSPS) is 13.0. The van der Waals surface area contributed by atoms with E-state index in [4.69, 9.17) is 9.26 Å². The number of carbonyl (C=O) groups excluding carboxylic acids is 1. The van der Waals surface area contributed by atoms with Crippen LogP contribution in [0.2, 0.25) is 0 Å². The summed E-state index contributed by atoms with van der Waals surface area (Å²) in [6.45, 7) is 5.94. The van der Waals surface area contributed by atoms with Crippen LogP contribution in [-0.2, 0) is 6.42 Å². The number of nitrogens with zero attached hydrogens (tertiary/aromatic N) is 3. The summed E-state index contributed by atoms with van der Waals surface area (Å²) in [7, 11) is 1.63. The highest BCUT2D eigenvalue weighted by Crippen LogP contribution is 2.34. The van der Waals surface area contributed by atoms with E-state index in [2.05, 4.69) is 10.1 Å². The summed E-state index contributed by atoms with van der Waals surface area (Å²) in [5, 5.41) is 4.13. The number of aromatic nitrogens is 3. The molecule has 6 nitrogen and oxygen atoms in total. The molecule has 0 saturated carbocycles. The van der Waals surface area contributed by atoms with Gasteiger partial charge >= 0.3 is 0 Å². The molecule has 26 heavy (non-hydrogen) atoms. The zero-order chi connectivity index (χ0) is 18.7. The minimum Gasteiger partial charge on any atom is -0.495 e. The van der Waals surface area contributed by atoms with Crippen molar-refractivity contribution in [2.75, 3.05) is 7.11 Å². The number of Topliss-reactive ketones (excluding diaryl/α,β-unsaturated/α-hetero) is 1. The molecule has 1 aliphatic carbocycles. The lowest BCUT2D eigenvalue weighted by molar-refractivity contribution is 0.0935. The highest BCUT2D eigenvalue weighted by Gasteiger charge is 2.26. The molecule has 2 aromatic heterocycles. The molecule has 136 valence electrons. The monoisotopic (exact) mass is 353 g/mol. The molecule has 1 aliphatic rings. The highest BCUT2D eigenvalue weighted by molar-refractivity contribution is 5.97. The first-order valence-corrected chi connectivity index (χ1v) is 8.88. The lowest BCUT2D eigenvalue weighted by atomic mass is 9.93. The number of benzene rings is 1. The smallest absolute Gasteiger partial charge is 0.206 e. The number of methoxy groups -OCH3 is 1. The number of fused-ring (bicyclic) bond motifs is 1. The van der Waals surface area contributed by atoms with Crippen molar-refractivity contribution >= 4 is 5.78 Å². The Kier molecular flexibility index (Phi) is 5.21. The first-order chi connectivity index (χ1) is 12.7. The quantitative estimate of drug-likeness (QED) is 0.698. The van der Waals surface area contributed by atoms with Crippen molar-refractivity contribution in [3.8, 4) is 22.7 Å². The van der Waals surface area contributed by atoms with Crippen molar-refractivity contribution in [2.24, 2.45) is 0 Å². The van der Waals surface area contributed by atoms with E-state index in [1.807, 2.05) is 49.7 Å². The molecule has 0 atom stereocenters. The maximum Gasteiger partial charge on any atom is 0.206 e. The van der Waals surface area contributed by atoms with Crippen LogP contribution in [0.4, 0.5) is 0 Å². The second-order valence-corrected chi connectivity index (χ2v) is 5.92. The summed E-state index contributed by atoms with van der Waals surface area (Å²) in [6, 6.07) is 5.84. The fourth-order valence-corrected chi connectivity index (χ4v) is 3.12. The molecular formula is C20H23N3O3. The zero-order valence-electron chi connectivity index (χ0n) is 15.6. The molecule has 0 N–H and O–H groups in total. The Morgan fingerprint density at radius 2 is 2.04 bits per heavy atom.